The van der Waals surface area contributed by atoms with Crippen LogP contribution < -0.4 is 5.32 Å². The molecule has 0 bridgehead atoms. The Hall–Kier alpha value is -1.12. The van der Waals surface area contributed by atoms with E-state index in [1.807, 2.05) is 0 Å². The summed E-state index contributed by atoms with van der Waals surface area (Å²) in [5, 5.41) is 3.53. The second-order valence-corrected chi connectivity index (χ2v) is 5.12. The van der Waals surface area contributed by atoms with E-state index in [0.717, 1.165) is 30.3 Å². The zero-order valence-electron chi connectivity index (χ0n) is 10.9. The fraction of sp³-hybridized carbons (Fsp3) is 0.714. The van der Waals surface area contributed by atoms with Gasteiger partial charge in [-0.05, 0) is 32.1 Å². The van der Waals surface area contributed by atoms with Crippen LogP contribution in [0, 0.1) is 5.92 Å². The molecule has 1 aliphatic carbocycles. The molecule has 1 aromatic heterocycles. The van der Waals surface area contributed by atoms with Crippen molar-refractivity contribution in [3.05, 3.63) is 18.1 Å². The van der Waals surface area contributed by atoms with E-state index in [0.29, 0.717) is 6.04 Å². The summed E-state index contributed by atoms with van der Waals surface area (Å²) in [4.78, 5) is 8.59. The third-order valence-electron chi connectivity index (χ3n) is 3.71. The van der Waals surface area contributed by atoms with Crippen LogP contribution in [-0.4, -0.2) is 16.0 Å². The van der Waals surface area contributed by atoms with Crippen LogP contribution in [-0.2, 0) is 6.42 Å². The fourth-order valence-corrected chi connectivity index (χ4v) is 2.68. The molecular formula is C14H23N3. The van der Waals surface area contributed by atoms with Crippen molar-refractivity contribution in [1.29, 1.82) is 0 Å². The van der Waals surface area contributed by atoms with E-state index in [1.165, 1.54) is 25.7 Å². The van der Waals surface area contributed by atoms with Crippen molar-refractivity contribution >= 4 is 5.82 Å². The predicted molar refractivity (Wildman–Crippen MR) is 71.1 cm³/mol. The highest BCUT2D eigenvalue weighted by Gasteiger charge is 2.21. The van der Waals surface area contributed by atoms with Gasteiger partial charge in [-0.15, -0.1) is 0 Å². The topological polar surface area (TPSA) is 37.8 Å². The van der Waals surface area contributed by atoms with Crippen molar-refractivity contribution in [3.63, 3.8) is 0 Å². The predicted octanol–water partition coefficient (Wildman–Crippen LogP) is 3.42. The zero-order chi connectivity index (χ0) is 12.1. The molecule has 1 N–H and O–H groups in total. The lowest BCUT2D eigenvalue weighted by molar-refractivity contribution is 0.481. The maximum absolute atomic E-state index is 4.31. The van der Waals surface area contributed by atoms with Gasteiger partial charge in [-0.3, -0.25) is 0 Å². The molecule has 1 fully saturated rings. The molecule has 3 heteroatoms. The quantitative estimate of drug-likeness (QED) is 0.846. The Morgan fingerprint density at radius 1 is 1.35 bits per heavy atom. The molecule has 94 valence electrons. The highest BCUT2D eigenvalue weighted by Crippen LogP contribution is 2.28. The second kappa shape index (κ2) is 5.99. The van der Waals surface area contributed by atoms with Gasteiger partial charge in [-0.25, -0.2) is 9.97 Å². The summed E-state index contributed by atoms with van der Waals surface area (Å²) >= 11 is 0. The lowest BCUT2D eigenvalue weighted by atomic mass is 10.00. The molecule has 1 heterocycles. The average Bonchev–Trinajstić information content (AvgIpc) is 2.83. The second-order valence-electron chi connectivity index (χ2n) is 5.12. The maximum Gasteiger partial charge on any atom is 0.129 e. The lowest BCUT2D eigenvalue weighted by Crippen LogP contribution is -2.24. The molecule has 0 amide bonds. The first-order valence-corrected chi connectivity index (χ1v) is 6.87. The van der Waals surface area contributed by atoms with Gasteiger partial charge in [0.2, 0.25) is 0 Å². The molecule has 0 radical (unpaired) electrons. The van der Waals surface area contributed by atoms with Crippen LogP contribution in [0.4, 0.5) is 5.82 Å². The largest absolute Gasteiger partial charge is 0.367 e. The molecule has 17 heavy (non-hydrogen) atoms. The van der Waals surface area contributed by atoms with Crippen molar-refractivity contribution in [3.8, 4) is 0 Å². The van der Waals surface area contributed by atoms with E-state index >= 15 is 0 Å². The Labute approximate surface area is 104 Å². The highest BCUT2D eigenvalue weighted by molar-refractivity contribution is 5.36. The number of anilines is 1. The number of hydrogen-bond donors (Lipinski definition) is 1. The fourth-order valence-electron chi connectivity index (χ4n) is 2.68. The van der Waals surface area contributed by atoms with Crippen molar-refractivity contribution in [2.75, 3.05) is 5.32 Å². The van der Waals surface area contributed by atoms with Gasteiger partial charge >= 0.3 is 0 Å². The zero-order valence-corrected chi connectivity index (χ0v) is 10.9. The first-order chi connectivity index (χ1) is 8.29. The standard InChI is InChI=1S/C14H23N3/c1-3-6-13-9-14(16-10-15-13)17-11(2)12-7-4-5-8-12/h9-12H,3-8H2,1-2H3,(H,15,16,17). The molecule has 1 saturated carbocycles. The van der Waals surface area contributed by atoms with E-state index in [9.17, 15) is 0 Å². The van der Waals surface area contributed by atoms with Gasteiger partial charge in [0.1, 0.15) is 12.1 Å². The Bertz CT molecular complexity index is 345. The number of aryl methyl sites for hydroxylation is 1. The van der Waals surface area contributed by atoms with Gasteiger partial charge in [0.05, 0.1) is 0 Å². The molecule has 0 aliphatic heterocycles. The van der Waals surface area contributed by atoms with E-state index in [4.69, 9.17) is 0 Å². The Morgan fingerprint density at radius 3 is 2.82 bits per heavy atom. The number of nitrogens with zero attached hydrogens (tertiary/aromatic N) is 2. The van der Waals surface area contributed by atoms with Gasteiger partial charge in [0.25, 0.3) is 0 Å². The minimum absolute atomic E-state index is 0.530. The van der Waals surface area contributed by atoms with Gasteiger partial charge in [0.15, 0.2) is 0 Å². The highest BCUT2D eigenvalue weighted by atomic mass is 15.0. The minimum atomic E-state index is 0.530. The van der Waals surface area contributed by atoms with Gasteiger partial charge in [0, 0.05) is 17.8 Å². The van der Waals surface area contributed by atoms with Crippen molar-refractivity contribution < 1.29 is 0 Å². The van der Waals surface area contributed by atoms with Gasteiger partial charge in [-0.1, -0.05) is 26.2 Å². The number of aromatic nitrogens is 2. The van der Waals surface area contributed by atoms with Gasteiger partial charge in [-0.2, -0.15) is 0 Å². The third kappa shape index (κ3) is 3.42. The van der Waals surface area contributed by atoms with Crippen LogP contribution in [0.25, 0.3) is 0 Å². The molecule has 1 atom stereocenters. The summed E-state index contributed by atoms with van der Waals surface area (Å²) in [6.07, 6.45) is 9.35. The summed E-state index contributed by atoms with van der Waals surface area (Å²) < 4.78 is 0. The third-order valence-corrected chi connectivity index (χ3v) is 3.71. The van der Waals surface area contributed by atoms with Crippen LogP contribution >= 0.6 is 0 Å². The monoisotopic (exact) mass is 233 g/mol. The van der Waals surface area contributed by atoms with Gasteiger partial charge < -0.3 is 5.32 Å². The average molecular weight is 233 g/mol. The first kappa shape index (κ1) is 12.3. The van der Waals surface area contributed by atoms with Crippen LogP contribution in [0.15, 0.2) is 12.4 Å². The summed E-state index contributed by atoms with van der Waals surface area (Å²) in [5.41, 5.74) is 1.14. The van der Waals surface area contributed by atoms with E-state index in [-0.39, 0.29) is 0 Å². The van der Waals surface area contributed by atoms with Crippen molar-refractivity contribution in [2.24, 2.45) is 5.92 Å². The summed E-state index contributed by atoms with van der Waals surface area (Å²) in [7, 11) is 0. The molecule has 0 aromatic carbocycles. The Balaban J connectivity index is 1.94. The normalized spacial score (nSPS) is 18.2. The van der Waals surface area contributed by atoms with Crippen LogP contribution in [0.3, 0.4) is 0 Å². The molecule has 1 aromatic rings. The molecule has 2 rings (SSSR count). The molecule has 1 aliphatic rings. The molecule has 0 spiro atoms. The number of rotatable bonds is 5. The maximum atomic E-state index is 4.31. The molecule has 0 saturated heterocycles. The summed E-state index contributed by atoms with van der Waals surface area (Å²) in [5.74, 6) is 1.81. The van der Waals surface area contributed by atoms with Crippen LogP contribution in [0.1, 0.15) is 51.6 Å². The number of nitrogens with one attached hydrogen (secondary N) is 1. The minimum Gasteiger partial charge on any atom is -0.367 e. The number of hydrogen-bond acceptors (Lipinski definition) is 3. The van der Waals surface area contributed by atoms with Crippen LogP contribution in [0.2, 0.25) is 0 Å². The lowest BCUT2D eigenvalue weighted by Gasteiger charge is -2.20. The molecular weight excluding hydrogens is 210 g/mol. The van der Waals surface area contributed by atoms with E-state index in [1.54, 1.807) is 6.33 Å². The van der Waals surface area contributed by atoms with E-state index < -0.39 is 0 Å². The smallest absolute Gasteiger partial charge is 0.129 e. The SMILES string of the molecule is CCCc1cc(NC(C)C2CCCC2)ncn1. The summed E-state index contributed by atoms with van der Waals surface area (Å²) in [6.45, 7) is 4.45. The first-order valence-electron chi connectivity index (χ1n) is 6.87. The molecule has 1 unspecified atom stereocenters. The van der Waals surface area contributed by atoms with Crippen LogP contribution in [0.5, 0.6) is 0 Å². The van der Waals surface area contributed by atoms with E-state index in [2.05, 4.69) is 35.2 Å². The van der Waals surface area contributed by atoms with Crippen molar-refractivity contribution in [1.82, 2.24) is 9.97 Å². The Morgan fingerprint density at radius 2 is 2.12 bits per heavy atom. The Kier molecular flexibility index (Phi) is 4.35. The van der Waals surface area contributed by atoms with Crippen molar-refractivity contribution in [2.45, 2.75) is 58.4 Å². The molecule has 3 nitrogen and oxygen atoms in total. The summed E-state index contributed by atoms with van der Waals surface area (Å²) in [6, 6.07) is 2.62.